The average molecular weight is 279 g/mol. The molecule has 0 aliphatic rings. The van der Waals surface area contributed by atoms with E-state index in [-0.39, 0.29) is 18.8 Å². The average Bonchev–Trinajstić information content (AvgIpc) is 2.27. The molecule has 1 unspecified atom stereocenters. The minimum atomic E-state index is -4.72. The summed E-state index contributed by atoms with van der Waals surface area (Å²) in [4.78, 5) is 0. The Morgan fingerprint density at radius 1 is 1.32 bits per heavy atom. The zero-order valence-corrected chi connectivity index (χ0v) is 10.4. The quantitative estimate of drug-likeness (QED) is 0.737. The molecule has 19 heavy (non-hydrogen) atoms. The van der Waals surface area contributed by atoms with Crippen molar-refractivity contribution in [3.8, 4) is 5.75 Å². The zero-order chi connectivity index (χ0) is 14.5. The van der Waals surface area contributed by atoms with E-state index in [0.29, 0.717) is 5.56 Å². The fourth-order valence-electron chi connectivity index (χ4n) is 1.38. The SMILES string of the molecule is CC(O)(CO)CNCc1cccc(OC(F)(F)F)c1. The van der Waals surface area contributed by atoms with Crippen LogP contribution in [0.3, 0.4) is 0 Å². The minimum absolute atomic E-state index is 0.119. The lowest BCUT2D eigenvalue weighted by molar-refractivity contribution is -0.274. The maximum Gasteiger partial charge on any atom is 0.573 e. The summed E-state index contributed by atoms with van der Waals surface area (Å²) in [6, 6.07) is 5.54. The van der Waals surface area contributed by atoms with E-state index in [0.717, 1.165) is 0 Å². The molecule has 1 rings (SSSR count). The predicted octanol–water partition coefficient (Wildman–Crippen LogP) is 1.42. The van der Waals surface area contributed by atoms with E-state index in [1.807, 2.05) is 0 Å². The van der Waals surface area contributed by atoms with Crippen LogP contribution in [-0.4, -0.2) is 35.3 Å². The van der Waals surface area contributed by atoms with Crippen molar-refractivity contribution < 1.29 is 28.1 Å². The summed E-state index contributed by atoms with van der Waals surface area (Å²) in [5.41, 5.74) is -0.685. The topological polar surface area (TPSA) is 61.7 Å². The number of hydrogen-bond donors (Lipinski definition) is 3. The molecule has 0 amide bonds. The number of nitrogens with one attached hydrogen (secondary N) is 1. The third kappa shape index (κ3) is 6.42. The van der Waals surface area contributed by atoms with Gasteiger partial charge in [0.1, 0.15) is 5.75 Å². The van der Waals surface area contributed by atoms with Gasteiger partial charge in [-0.1, -0.05) is 12.1 Å². The van der Waals surface area contributed by atoms with Crippen LogP contribution in [0.25, 0.3) is 0 Å². The first-order chi connectivity index (χ1) is 8.72. The highest BCUT2D eigenvalue weighted by atomic mass is 19.4. The van der Waals surface area contributed by atoms with Gasteiger partial charge < -0.3 is 20.3 Å². The second-order valence-corrected chi connectivity index (χ2v) is 4.45. The van der Waals surface area contributed by atoms with Gasteiger partial charge in [-0.3, -0.25) is 0 Å². The fraction of sp³-hybridized carbons (Fsp3) is 0.500. The van der Waals surface area contributed by atoms with E-state index < -0.39 is 18.6 Å². The summed E-state index contributed by atoms with van der Waals surface area (Å²) in [5.74, 6) is -0.291. The molecule has 1 aromatic rings. The Morgan fingerprint density at radius 2 is 2.00 bits per heavy atom. The second kappa shape index (κ2) is 6.23. The standard InChI is InChI=1S/C12H16F3NO3/c1-11(18,8-17)7-16-6-9-3-2-4-10(5-9)19-12(13,14)15/h2-5,16-18H,6-8H2,1H3. The van der Waals surface area contributed by atoms with Crippen LogP contribution >= 0.6 is 0 Å². The fourth-order valence-corrected chi connectivity index (χ4v) is 1.38. The molecule has 4 nitrogen and oxygen atoms in total. The van der Waals surface area contributed by atoms with Crippen LogP contribution in [-0.2, 0) is 6.54 Å². The Kier molecular flexibility index (Phi) is 5.16. The molecule has 0 heterocycles. The number of aliphatic hydroxyl groups is 2. The van der Waals surface area contributed by atoms with Gasteiger partial charge in [-0.15, -0.1) is 13.2 Å². The molecule has 7 heteroatoms. The monoisotopic (exact) mass is 279 g/mol. The number of aliphatic hydroxyl groups excluding tert-OH is 1. The van der Waals surface area contributed by atoms with Crippen molar-refractivity contribution in [3.63, 3.8) is 0 Å². The van der Waals surface area contributed by atoms with Gasteiger partial charge in [0.15, 0.2) is 0 Å². The minimum Gasteiger partial charge on any atom is -0.406 e. The first kappa shape index (κ1) is 15.7. The Bertz CT molecular complexity index is 407. The summed E-state index contributed by atoms with van der Waals surface area (Å²) >= 11 is 0. The van der Waals surface area contributed by atoms with E-state index in [1.165, 1.54) is 25.1 Å². The van der Waals surface area contributed by atoms with Crippen LogP contribution < -0.4 is 10.1 Å². The molecule has 0 fully saturated rings. The number of benzene rings is 1. The van der Waals surface area contributed by atoms with E-state index in [2.05, 4.69) is 10.1 Å². The zero-order valence-electron chi connectivity index (χ0n) is 10.4. The van der Waals surface area contributed by atoms with E-state index >= 15 is 0 Å². The molecule has 0 bridgehead atoms. The molecule has 0 aromatic heterocycles. The van der Waals surface area contributed by atoms with Gasteiger partial charge in [-0.2, -0.15) is 0 Å². The van der Waals surface area contributed by atoms with Crippen molar-refractivity contribution in [1.29, 1.82) is 0 Å². The number of hydrogen-bond acceptors (Lipinski definition) is 4. The van der Waals surface area contributed by atoms with Gasteiger partial charge in [-0.25, -0.2) is 0 Å². The number of rotatable bonds is 6. The van der Waals surface area contributed by atoms with Crippen molar-refractivity contribution in [1.82, 2.24) is 5.32 Å². The van der Waals surface area contributed by atoms with Gasteiger partial charge >= 0.3 is 6.36 Å². The molecular formula is C12H16F3NO3. The third-order valence-corrected chi connectivity index (χ3v) is 2.31. The van der Waals surface area contributed by atoms with Crippen molar-refractivity contribution >= 4 is 0 Å². The summed E-state index contributed by atoms with van der Waals surface area (Å²) in [6.07, 6.45) is -4.72. The molecule has 3 N–H and O–H groups in total. The molecule has 0 saturated carbocycles. The molecule has 0 radical (unpaired) electrons. The van der Waals surface area contributed by atoms with Crippen LogP contribution in [0.1, 0.15) is 12.5 Å². The first-order valence-electron chi connectivity index (χ1n) is 5.60. The van der Waals surface area contributed by atoms with Gasteiger partial charge in [0.05, 0.1) is 12.2 Å². The Morgan fingerprint density at radius 3 is 2.58 bits per heavy atom. The van der Waals surface area contributed by atoms with Crippen molar-refractivity contribution in [2.24, 2.45) is 0 Å². The number of halogens is 3. The molecule has 0 aliphatic carbocycles. The summed E-state index contributed by atoms with van der Waals surface area (Å²) in [5, 5.41) is 21.2. The summed E-state index contributed by atoms with van der Waals surface area (Å²) in [7, 11) is 0. The Hall–Kier alpha value is -1.31. The lowest BCUT2D eigenvalue weighted by Crippen LogP contribution is -2.40. The van der Waals surface area contributed by atoms with Crippen molar-refractivity contribution in [2.75, 3.05) is 13.2 Å². The Labute approximate surface area is 108 Å². The highest BCUT2D eigenvalue weighted by molar-refractivity contribution is 5.28. The molecule has 108 valence electrons. The maximum atomic E-state index is 12.0. The van der Waals surface area contributed by atoms with Crippen LogP contribution in [0, 0.1) is 0 Å². The maximum absolute atomic E-state index is 12.0. The molecule has 0 spiro atoms. The lowest BCUT2D eigenvalue weighted by atomic mass is 10.1. The number of alkyl halides is 3. The Balaban J connectivity index is 2.53. The van der Waals surface area contributed by atoms with E-state index in [4.69, 9.17) is 5.11 Å². The molecular weight excluding hydrogens is 263 g/mol. The third-order valence-electron chi connectivity index (χ3n) is 2.31. The van der Waals surface area contributed by atoms with E-state index in [9.17, 15) is 18.3 Å². The van der Waals surface area contributed by atoms with Gasteiger partial charge in [0.2, 0.25) is 0 Å². The highest BCUT2D eigenvalue weighted by Gasteiger charge is 2.31. The van der Waals surface area contributed by atoms with Gasteiger partial charge in [-0.05, 0) is 24.6 Å². The lowest BCUT2D eigenvalue weighted by Gasteiger charge is -2.20. The van der Waals surface area contributed by atoms with Gasteiger partial charge in [0.25, 0.3) is 0 Å². The van der Waals surface area contributed by atoms with Crippen LogP contribution in [0.4, 0.5) is 13.2 Å². The highest BCUT2D eigenvalue weighted by Crippen LogP contribution is 2.23. The predicted molar refractivity (Wildman–Crippen MR) is 62.5 cm³/mol. The molecule has 1 atom stereocenters. The molecule has 1 aromatic carbocycles. The number of ether oxygens (including phenoxy) is 1. The van der Waals surface area contributed by atoms with Gasteiger partial charge in [0, 0.05) is 13.1 Å². The van der Waals surface area contributed by atoms with Crippen LogP contribution in [0.5, 0.6) is 5.75 Å². The molecule has 0 aliphatic heterocycles. The normalized spacial score (nSPS) is 15.1. The first-order valence-corrected chi connectivity index (χ1v) is 5.60. The summed E-state index contributed by atoms with van der Waals surface area (Å²) < 4.78 is 39.9. The summed E-state index contributed by atoms with van der Waals surface area (Å²) in [6.45, 7) is 1.42. The second-order valence-electron chi connectivity index (χ2n) is 4.45. The molecule has 0 saturated heterocycles. The van der Waals surface area contributed by atoms with Crippen LogP contribution in [0.2, 0.25) is 0 Å². The van der Waals surface area contributed by atoms with Crippen molar-refractivity contribution in [3.05, 3.63) is 29.8 Å². The largest absolute Gasteiger partial charge is 0.573 e. The smallest absolute Gasteiger partial charge is 0.406 e. The van der Waals surface area contributed by atoms with Crippen molar-refractivity contribution in [2.45, 2.75) is 25.4 Å². The van der Waals surface area contributed by atoms with E-state index in [1.54, 1.807) is 6.07 Å². The van der Waals surface area contributed by atoms with Crippen LogP contribution in [0.15, 0.2) is 24.3 Å².